The summed E-state index contributed by atoms with van der Waals surface area (Å²) < 4.78 is 18.9. The lowest BCUT2D eigenvalue weighted by atomic mass is 9.41. The number of likely N-dealkylation sites (tertiary alicyclic amines) is 1. The van der Waals surface area contributed by atoms with Crippen LogP contribution in [0.1, 0.15) is 44.6 Å². The Morgan fingerprint density at radius 1 is 1.10 bits per heavy atom. The van der Waals surface area contributed by atoms with E-state index in [1.807, 2.05) is 17.0 Å². The van der Waals surface area contributed by atoms with Gasteiger partial charge in [-0.3, -0.25) is 4.79 Å². The van der Waals surface area contributed by atoms with Crippen LogP contribution < -0.4 is 5.32 Å². The molecule has 1 aromatic rings. The van der Waals surface area contributed by atoms with Crippen LogP contribution in [0.3, 0.4) is 0 Å². The van der Waals surface area contributed by atoms with Gasteiger partial charge in [0, 0.05) is 18.9 Å². The SMILES string of the molecule is CNC(=O)OC1CN(C(=O)CC2(c3ccc(F)cc3)C3CC4CC2CC(C3)C4C)C1. The predicted molar refractivity (Wildman–Crippen MR) is 110 cm³/mol. The molecule has 1 saturated heterocycles. The van der Waals surface area contributed by atoms with E-state index in [-0.39, 0.29) is 23.2 Å². The number of rotatable bonds is 4. The average Bonchev–Trinajstić information content (AvgIpc) is 2.69. The van der Waals surface area contributed by atoms with E-state index >= 15 is 0 Å². The molecule has 4 aliphatic carbocycles. The number of benzene rings is 1. The summed E-state index contributed by atoms with van der Waals surface area (Å²) >= 11 is 0. The minimum atomic E-state index is -0.454. The highest BCUT2D eigenvalue weighted by Crippen LogP contribution is 2.65. The molecule has 0 radical (unpaired) electrons. The highest BCUT2D eigenvalue weighted by molar-refractivity contribution is 5.79. The van der Waals surface area contributed by atoms with E-state index in [4.69, 9.17) is 4.74 Å². The van der Waals surface area contributed by atoms with Gasteiger partial charge in [-0.05, 0) is 73.0 Å². The van der Waals surface area contributed by atoms with Crippen molar-refractivity contribution in [3.05, 3.63) is 35.6 Å². The second-order valence-corrected chi connectivity index (χ2v) is 10.0. The van der Waals surface area contributed by atoms with Crippen LogP contribution in [0.25, 0.3) is 0 Å². The van der Waals surface area contributed by atoms with Crippen molar-refractivity contribution in [1.82, 2.24) is 10.2 Å². The molecule has 1 N–H and O–H groups in total. The number of nitrogens with one attached hydrogen (secondary N) is 1. The number of carbonyl (C=O) groups is 2. The number of alkyl carbamates (subject to hydrolysis) is 1. The highest BCUT2D eigenvalue weighted by Gasteiger charge is 2.60. The van der Waals surface area contributed by atoms with Gasteiger partial charge in [-0.25, -0.2) is 9.18 Å². The van der Waals surface area contributed by atoms with Gasteiger partial charge in [-0.2, -0.15) is 0 Å². The van der Waals surface area contributed by atoms with Gasteiger partial charge in [0.15, 0.2) is 0 Å². The molecular formula is C24H31FN2O3. The number of nitrogens with zero attached hydrogens (tertiary/aromatic N) is 1. The second-order valence-electron chi connectivity index (χ2n) is 10.0. The van der Waals surface area contributed by atoms with Gasteiger partial charge in [0.1, 0.15) is 11.9 Å². The Morgan fingerprint density at radius 2 is 1.67 bits per heavy atom. The molecule has 0 unspecified atom stereocenters. The number of ether oxygens (including phenoxy) is 1. The maximum Gasteiger partial charge on any atom is 0.407 e. The zero-order valence-corrected chi connectivity index (χ0v) is 17.8. The molecule has 30 heavy (non-hydrogen) atoms. The van der Waals surface area contributed by atoms with Gasteiger partial charge in [-0.15, -0.1) is 0 Å². The van der Waals surface area contributed by atoms with E-state index in [0.717, 1.165) is 23.3 Å². The Hall–Kier alpha value is -2.11. The summed E-state index contributed by atoms with van der Waals surface area (Å²) in [5.41, 5.74) is 0.947. The fourth-order valence-electron chi connectivity index (χ4n) is 7.18. The number of amides is 2. The Morgan fingerprint density at radius 3 is 2.20 bits per heavy atom. The third-order valence-electron chi connectivity index (χ3n) is 8.80. The van der Waals surface area contributed by atoms with E-state index in [1.165, 1.54) is 32.7 Å². The van der Waals surface area contributed by atoms with E-state index in [9.17, 15) is 14.0 Å². The molecule has 6 heteroatoms. The van der Waals surface area contributed by atoms with Crippen LogP contribution in [0.5, 0.6) is 0 Å². The minimum absolute atomic E-state index is 0.136. The molecule has 4 saturated carbocycles. The molecule has 5 aliphatic rings. The molecule has 6 rings (SSSR count). The smallest absolute Gasteiger partial charge is 0.407 e. The van der Waals surface area contributed by atoms with Crippen LogP contribution >= 0.6 is 0 Å². The zero-order chi connectivity index (χ0) is 21.0. The van der Waals surface area contributed by atoms with E-state index in [2.05, 4.69) is 12.2 Å². The van der Waals surface area contributed by atoms with E-state index < -0.39 is 6.09 Å². The lowest BCUT2D eigenvalue weighted by molar-refractivity contribution is -0.151. The van der Waals surface area contributed by atoms with Gasteiger partial charge in [0.05, 0.1) is 13.1 Å². The number of hydrogen-bond acceptors (Lipinski definition) is 3. The lowest BCUT2D eigenvalue weighted by Gasteiger charge is -2.64. The molecule has 4 bridgehead atoms. The van der Waals surface area contributed by atoms with Gasteiger partial charge >= 0.3 is 6.09 Å². The van der Waals surface area contributed by atoms with Crippen molar-refractivity contribution in [2.24, 2.45) is 29.6 Å². The number of carbonyl (C=O) groups excluding carboxylic acids is 2. The largest absolute Gasteiger partial charge is 0.442 e. The van der Waals surface area contributed by atoms with Crippen molar-refractivity contribution in [3.8, 4) is 0 Å². The van der Waals surface area contributed by atoms with Crippen LogP contribution in [0.2, 0.25) is 0 Å². The first-order valence-corrected chi connectivity index (χ1v) is 11.3. The molecule has 0 atom stereocenters. The molecule has 1 aliphatic heterocycles. The number of hydrogen-bond donors (Lipinski definition) is 1. The third kappa shape index (κ3) is 3.02. The monoisotopic (exact) mass is 414 g/mol. The first kappa shape index (κ1) is 19.8. The molecule has 1 aromatic carbocycles. The average molecular weight is 415 g/mol. The summed E-state index contributed by atoms with van der Waals surface area (Å²) in [6, 6.07) is 6.93. The maximum absolute atomic E-state index is 13.7. The second kappa shape index (κ2) is 7.24. The van der Waals surface area contributed by atoms with Crippen LogP contribution in [-0.2, 0) is 14.9 Å². The van der Waals surface area contributed by atoms with Gasteiger partial charge in [0.2, 0.25) is 5.91 Å². The zero-order valence-electron chi connectivity index (χ0n) is 17.8. The van der Waals surface area contributed by atoms with Crippen molar-refractivity contribution in [1.29, 1.82) is 0 Å². The first-order chi connectivity index (χ1) is 14.4. The van der Waals surface area contributed by atoms with Crippen LogP contribution in [0, 0.1) is 35.4 Å². The van der Waals surface area contributed by atoms with Crippen molar-refractivity contribution >= 4 is 12.0 Å². The maximum atomic E-state index is 13.7. The fraction of sp³-hybridized carbons (Fsp3) is 0.667. The molecule has 0 aromatic heterocycles. The summed E-state index contributed by atoms with van der Waals surface area (Å²) in [5, 5.41) is 2.45. The molecule has 0 spiro atoms. The molecule has 5 fully saturated rings. The van der Waals surface area contributed by atoms with E-state index in [1.54, 1.807) is 12.1 Å². The molecular weight excluding hydrogens is 383 g/mol. The Kier molecular flexibility index (Phi) is 4.79. The minimum Gasteiger partial charge on any atom is -0.442 e. The molecule has 162 valence electrons. The Balaban J connectivity index is 1.38. The van der Waals surface area contributed by atoms with Crippen molar-refractivity contribution in [2.75, 3.05) is 20.1 Å². The van der Waals surface area contributed by atoms with Crippen LogP contribution in [0.4, 0.5) is 9.18 Å². The lowest BCUT2D eigenvalue weighted by Crippen LogP contribution is -2.61. The predicted octanol–water partition coefficient (Wildman–Crippen LogP) is 3.72. The Labute approximate surface area is 177 Å². The normalized spacial score (nSPS) is 37.0. The van der Waals surface area contributed by atoms with Crippen molar-refractivity contribution in [3.63, 3.8) is 0 Å². The first-order valence-electron chi connectivity index (χ1n) is 11.3. The molecule has 5 nitrogen and oxygen atoms in total. The van der Waals surface area contributed by atoms with Gasteiger partial charge in [0.25, 0.3) is 0 Å². The standard InChI is InChI=1S/C24H31FN2O3/c1-14-15-7-18-9-16(14)10-19(8-15)24(18,17-3-5-20(25)6-4-17)11-22(28)27-12-21(13-27)30-23(29)26-2/h3-6,14-16,18-19,21H,7-13H2,1-2H3,(H,26,29). The van der Waals surface area contributed by atoms with Gasteiger partial charge < -0.3 is 15.0 Å². The quantitative estimate of drug-likeness (QED) is 0.817. The Bertz CT molecular complexity index is 803. The molecule has 1 heterocycles. The van der Waals surface area contributed by atoms with Crippen LogP contribution in [0.15, 0.2) is 24.3 Å². The fourth-order valence-corrected chi connectivity index (χ4v) is 7.18. The van der Waals surface area contributed by atoms with E-state index in [0.29, 0.717) is 31.3 Å². The van der Waals surface area contributed by atoms with Crippen molar-refractivity contribution in [2.45, 2.75) is 50.5 Å². The summed E-state index contributed by atoms with van der Waals surface area (Å²) in [4.78, 5) is 26.5. The van der Waals surface area contributed by atoms with Crippen molar-refractivity contribution < 1.29 is 18.7 Å². The summed E-state index contributed by atoms with van der Waals surface area (Å²) in [6.07, 6.45) is 4.53. The summed E-state index contributed by atoms with van der Waals surface area (Å²) in [5.74, 6) is 3.22. The van der Waals surface area contributed by atoms with Gasteiger partial charge in [-0.1, -0.05) is 19.1 Å². The summed E-state index contributed by atoms with van der Waals surface area (Å²) in [6.45, 7) is 3.33. The van der Waals surface area contributed by atoms with Crippen LogP contribution in [-0.4, -0.2) is 43.1 Å². The summed E-state index contributed by atoms with van der Waals surface area (Å²) in [7, 11) is 1.53. The molecule has 2 amide bonds. The number of halogens is 1. The topological polar surface area (TPSA) is 58.6 Å². The third-order valence-corrected chi connectivity index (χ3v) is 8.80. The highest BCUT2D eigenvalue weighted by atomic mass is 19.1.